The van der Waals surface area contributed by atoms with E-state index in [2.05, 4.69) is 53.3 Å². The summed E-state index contributed by atoms with van der Waals surface area (Å²) >= 11 is 1.61. The van der Waals surface area contributed by atoms with Crippen LogP contribution in [-0.4, -0.2) is 44.8 Å². The van der Waals surface area contributed by atoms with Gasteiger partial charge < -0.3 is 4.90 Å². The molecule has 0 bridgehead atoms. The predicted molar refractivity (Wildman–Crippen MR) is 88.3 cm³/mol. The monoisotopic (exact) mass is 313 g/mol. The lowest BCUT2D eigenvalue weighted by Crippen LogP contribution is -2.31. The molecule has 0 aliphatic carbocycles. The first-order chi connectivity index (χ1) is 10.7. The Bertz CT molecular complexity index is 806. The predicted octanol–water partition coefficient (Wildman–Crippen LogP) is 2.97. The third-order valence-corrected chi connectivity index (χ3v) is 5.31. The molecule has 3 heterocycles. The maximum atomic E-state index is 4.80. The Kier molecular flexibility index (Phi) is 3.43. The number of hydrogen-bond acceptors (Lipinski definition) is 5. The second kappa shape index (κ2) is 5.44. The number of aromatic nitrogens is 4. The first-order valence-corrected chi connectivity index (χ1v) is 8.50. The third-order valence-electron chi connectivity index (χ3n) is 4.38. The van der Waals surface area contributed by atoms with Crippen LogP contribution in [-0.2, 0) is 0 Å². The van der Waals surface area contributed by atoms with Crippen molar-refractivity contribution in [3.05, 3.63) is 35.7 Å². The summed E-state index contributed by atoms with van der Waals surface area (Å²) in [5.41, 5.74) is 2.43. The van der Waals surface area contributed by atoms with Crippen LogP contribution in [0.5, 0.6) is 0 Å². The van der Waals surface area contributed by atoms with Crippen LogP contribution < -0.4 is 0 Å². The first kappa shape index (κ1) is 13.8. The highest BCUT2D eigenvalue weighted by atomic mass is 32.1. The molecule has 5 nitrogen and oxygen atoms in total. The van der Waals surface area contributed by atoms with Gasteiger partial charge in [-0.3, -0.25) is 0 Å². The largest absolute Gasteiger partial charge is 0.306 e. The fraction of sp³-hybridized carbons (Fsp3) is 0.438. The van der Waals surface area contributed by atoms with Crippen LogP contribution in [0.25, 0.3) is 15.5 Å². The SMILES string of the molecule is Cc1ccccc1-c1nn2c(C3CCCN(C)C3)nnc2s1. The number of likely N-dealkylation sites (tertiary alicyclic amines) is 1. The Labute approximate surface area is 133 Å². The van der Waals surface area contributed by atoms with Gasteiger partial charge in [0, 0.05) is 18.0 Å². The molecular weight excluding hydrogens is 294 g/mol. The molecule has 2 aromatic heterocycles. The number of rotatable bonds is 2. The zero-order valence-electron chi connectivity index (χ0n) is 12.9. The molecule has 4 rings (SSSR count). The van der Waals surface area contributed by atoms with Crippen molar-refractivity contribution in [2.45, 2.75) is 25.7 Å². The van der Waals surface area contributed by atoms with Crippen LogP contribution in [0, 0.1) is 6.92 Å². The van der Waals surface area contributed by atoms with Crippen LogP contribution in [0.15, 0.2) is 24.3 Å². The van der Waals surface area contributed by atoms with E-state index in [0.717, 1.165) is 22.3 Å². The fourth-order valence-corrected chi connectivity index (χ4v) is 4.12. The van der Waals surface area contributed by atoms with E-state index in [4.69, 9.17) is 5.10 Å². The Morgan fingerprint density at radius 1 is 1.23 bits per heavy atom. The molecule has 1 atom stereocenters. The highest BCUT2D eigenvalue weighted by molar-refractivity contribution is 7.19. The number of fused-ring (bicyclic) bond motifs is 1. The molecule has 1 aliphatic rings. The van der Waals surface area contributed by atoms with Gasteiger partial charge in [-0.2, -0.15) is 9.61 Å². The van der Waals surface area contributed by atoms with Gasteiger partial charge in [0.2, 0.25) is 4.96 Å². The summed E-state index contributed by atoms with van der Waals surface area (Å²) in [5, 5.41) is 14.6. The number of piperidine rings is 1. The van der Waals surface area contributed by atoms with Crippen molar-refractivity contribution < 1.29 is 0 Å². The number of aryl methyl sites for hydroxylation is 1. The number of benzene rings is 1. The van der Waals surface area contributed by atoms with Gasteiger partial charge in [-0.25, -0.2) is 0 Å². The number of nitrogens with zero attached hydrogens (tertiary/aromatic N) is 5. The highest BCUT2D eigenvalue weighted by Gasteiger charge is 2.25. The molecule has 0 N–H and O–H groups in total. The normalized spacial score (nSPS) is 19.8. The van der Waals surface area contributed by atoms with E-state index in [-0.39, 0.29) is 0 Å². The van der Waals surface area contributed by atoms with Crippen LogP contribution >= 0.6 is 11.3 Å². The molecule has 1 aliphatic heterocycles. The van der Waals surface area contributed by atoms with E-state index in [1.807, 2.05) is 4.52 Å². The minimum atomic E-state index is 0.431. The zero-order chi connectivity index (χ0) is 15.1. The lowest BCUT2D eigenvalue weighted by Gasteiger charge is -2.28. The summed E-state index contributed by atoms with van der Waals surface area (Å²) in [5.74, 6) is 1.44. The smallest absolute Gasteiger partial charge is 0.234 e. The van der Waals surface area contributed by atoms with Crippen molar-refractivity contribution in [3.63, 3.8) is 0 Å². The van der Waals surface area contributed by atoms with Crippen LogP contribution in [0.3, 0.4) is 0 Å². The molecule has 1 aromatic carbocycles. The molecule has 3 aromatic rings. The number of likely N-dealkylation sites (N-methyl/N-ethyl adjacent to an activating group) is 1. The van der Waals surface area contributed by atoms with Crippen molar-refractivity contribution in [2.75, 3.05) is 20.1 Å². The van der Waals surface area contributed by atoms with Gasteiger partial charge in [-0.1, -0.05) is 35.6 Å². The van der Waals surface area contributed by atoms with E-state index in [1.54, 1.807) is 11.3 Å². The Morgan fingerprint density at radius 3 is 2.91 bits per heavy atom. The van der Waals surface area contributed by atoms with E-state index in [1.165, 1.54) is 30.5 Å². The maximum absolute atomic E-state index is 4.80. The van der Waals surface area contributed by atoms with Crippen molar-refractivity contribution in [1.82, 2.24) is 24.7 Å². The van der Waals surface area contributed by atoms with Crippen LogP contribution in [0.2, 0.25) is 0 Å². The van der Waals surface area contributed by atoms with Crippen molar-refractivity contribution in [3.8, 4) is 10.6 Å². The Morgan fingerprint density at radius 2 is 2.09 bits per heavy atom. The van der Waals surface area contributed by atoms with Gasteiger partial charge in [0.1, 0.15) is 5.01 Å². The molecule has 22 heavy (non-hydrogen) atoms. The molecule has 1 fully saturated rings. The molecule has 114 valence electrons. The molecule has 0 saturated carbocycles. The topological polar surface area (TPSA) is 46.3 Å². The number of hydrogen-bond donors (Lipinski definition) is 0. The van der Waals surface area contributed by atoms with Crippen molar-refractivity contribution in [2.24, 2.45) is 0 Å². The summed E-state index contributed by atoms with van der Waals surface area (Å²) in [6, 6.07) is 8.36. The maximum Gasteiger partial charge on any atom is 0.234 e. The van der Waals surface area contributed by atoms with E-state index in [9.17, 15) is 0 Å². The van der Waals surface area contributed by atoms with Crippen LogP contribution in [0.4, 0.5) is 0 Å². The van der Waals surface area contributed by atoms with Gasteiger partial charge in [0.25, 0.3) is 0 Å². The average Bonchev–Trinajstić information content (AvgIpc) is 3.07. The summed E-state index contributed by atoms with van der Waals surface area (Å²) in [6.07, 6.45) is 2.38. The summed E-state index contributed by atoms with van der Waals surface area (Å²) < 4.78 is 1.95. The van der Waals surface area contributed by atoms with E-state index < -0.39 is 0 Å². The molecule has 0 radical (unpaired) electrons. The first-order valence-electron chi connectivity index (χ1n) is 7.69. The van der Waals surface area contributed by atoms with Crippen LogP contribution in [0.1, 0.15) is 30.1 Å². The van der Waals surface area contributed by atoms with E-state index in [0.29, 0.717) is 5.92 Å². The van der Waals surface area contributed by atoms with E-state index >= 15 is 0 Å². The second-order valence-corrected chi connectivity index (χ2v) is 7.03. The standard InChI is InChI=1S/C16H19N5S/c1-11-6-3-4-8-13(11)15-19-21-14(17-18-16(21)22-15)12-7-5-9-20(2)10-12/h3-4,6,8,12H,5,7,9-10H2,1-2H3. The summed E-state index contributed by atoms with van der Waals surface area (Å²) in [6.45, 7) is 4.33. The minimum Gasteiger partial charge on any atom is -0.306 e. The molecular formula is C16H19N5S. The van der Waals surface area contributed by atoms with Crippen molar-refractivity contribution >= 4 is 16.3 Å². The summed E-state index contributed by atoms with van der Waals surface area (Å²) in [4.78, 5) is 3.26. The Balaban J connectivity index is 1.75. The van der Waals surface area contributed by atoms with Gasteiger partial charge in [-0.15, -0.1) is 10.2 Å². The lowest BCUT2D eigenvalue weighted by molar-refractivity contribution is 0.244. The minimum absolute atomic E-state index is 0.431. The average molecular weight is 313 g/mol. The van der Waals surface area contributed by atoms with Gasteiger partial charge in [0.15, 0.2) is 5.82 Å². The highest BCUT2D eigenvalue weighted by Crippen LogP contribution is 2.31. The summed E-state index contributed by atoms with van der Waals surface area (Å²) in [7, 11) is 2.17. The van der Waals surface area contributed by atoms with Gasteiger partial charge in [0.05, 0.1) is 0 Å². The molecule has 1 unspecified atom stereocenters. The second-order valence-electron chi connectivity index (χ2n) is 6.08. The molecule has 6 heteroatoms. The zero-order valence-corrected chi connectivity index (χ0v) is 13.7. The third kappa shape index (κ3) is 2.32. The molecule has 1 saturated heterocycles. The van der Waals surface area contributed by atoms with Gasteiger partial charge in [-0.05, 0) is 38.9 Å². The lowest BCUT2D eigenvalue weighted by atomic mass is 9.98. The Hall–Kier alpha value is -1.79. The molecule has 0 spiro atoms. The quantitative estimate of drug-likeness (QED) is 0.730. The fourth-order valence-electron chi connectivity index (χ4n) is 3.19. The molecule has 0 amide bonds. The van der Waals surface area contributed by atoms with Crippen molar-refractivity contribution in [1.29, 1.82) is 0 Å². The van der Waals surface area contributed by atoms with Gasteiger partial charge >= 0.3 is 0 Å².